The molecule has 256 valence electrons. The molecule has 46 heavy (non-hydrogen) atoms. The van der Waals surface area contributed by atoms with Gasteiger partial charge < -0.3 is 19.3 Å². The number of carbonyl (C=O) groups is 1. The van der Waals surface area contributed by atoms with Crippen LogP contribution in [-0.2, 0) is 41.0 Å². The SMILES string of the molecule is CCOC(=O)CC(O)C1(c2cc(F)c(CN3C(C)CCC(c4ccccc4)S3(=O)=O)cc2F)CC(C)(OCOCC[Si](C)(C)C)C1. The van der Waals surface area contributed by atoms with E-state index in [1.807, 2.05) is 13.0 Å². The first-order chi connectivity index (χ1) is 21.5. The molecule has 0 bridgehead atoms. The van der Waals surface area contributed by atoms with Crippen molar-refractivity contribution >= 4 is 24.1 Å². The molecule has 2 aromatic carbocycles. The third-order valence-corrected chi connectivity index (χ3v) is 13.4. The van der Waals surface area contributed by atoms with Crippen molar-refractivity contribution in [3.05, 3.63) is 70.8 Å². The molecule has 1 saturated heterocycles. The zero-order chi connectivity index (χ0) is 33.9. The molecule has 8 nitrogen and oxygen atoms in total. The molecule has 1 saturated carbocycles. The predicted molar refractivity (Wildman–Crippen MR) is 175 cm³/mol. The maximum absolute atomic E-state index is 16.1. The van der Waals surface area contributed by atoms with Crippen LogP contribution in [-0.4, -0.2) is 69.6 Å². The van der Waals surface area contributed by atoms with E-state index in [1.165, 1.54) is 4.31 Å². The number of rotatable bonds is 14. The fourth-order valence-corrected chi connectivity index (χ4v) is 9.74. The maximum Gasteiger partial charge on any atom is 0.308 e. The van der Waals surface area contributed by atoms with Gasteiger partial charge in [0.25, 0.3) is 0 Å². The highest BCUT2D eigenvalue weighted by Crippen LogP contribution is 2.56. The van der Waals surface area contributed by atoms with Gasteiger partial charge in [-0.2, -0.15) is 4.31 Å². The summed E-state index contributed by atoms with van der Waals surface area (Å²) >= 11 is 0. The fourth-order valence-electron chi connectivity index (χ4n) is 6.80. The molecule has 1 N–H and O–H groups in total. The van der Waals surface area contributed by atoms with Crippen LogP contribution in [0.2, 0.25) is 25.7 Å². The second kappa shape index (κ2) is 14.5. The molecule has 1 aliphatic heterocycles. The summed E-state index contributed by atoms with van der Waals surface area (Å²) in [4.78, 5) is 12.3. The van der Waals surface area contributed by atoms with Crippen LogP contribution in [0, 0.1) is 11.6 Å². The number of hydrogen-bond acceptors (Lipinski definition) is 7. The average molecular weight is 682 g/mol. The molecule has 0 amide bonds. The number of sulfonamides is 1. The van der Waals surface area contributed by atoms with Crippen molar-refractivity contribution in [1.29, 1.82) is 0 Å². The van der Waals surface area contributed by atoms with Gasteiger partial charge in [0.05, 0.1) is 24.7 Å². The summed E-state index contributed by atoms with van der Waals surface area (Å²) in [5, 5.41) is 10.6. The smallest absolute Gasteiger partial charge is 0.308 e. The van der Waals surface area contributed by atoms with Crippen LogP contribution < -0.4 is 0 Å². The van der Waals surface area contributed by atoms with E-state index < -0.39 is 70.5 Å². The first-order valence-corrected chi connectivity index (χ1v) is 21.3. The van der Waals surface area contributed by atoms with Crippen LogP contribution >= 0.6 is 0 Å². The zero-order valence-corrected chi connectivity index (χ0v) is 29.7. The molecule has 2 fully saturated rings. The molecule has 1 heterocycles. The minimum atomic E-state index is -3.87. The highest BCUT2D eigenvalue weighted by Gasteiger charge is 2.59. The number of aliphatic hydroxyl groups is 1. The molecular formula is C34H49F2NO7SSi. The Bertz CT molecular complexity index is 1460. The molecule has 2 aliphatic rings. The molecular weight excluding hydrogens is 633 g/mol. The van der Waals surface area contributed by atoms with E-state index in [9.17, 15) is 18.3 Å². The van der Waals surface area contributed by atoms with E-state index in [1.54, 1.807) is 38.1 Å². The number of esters is 1. The van der Waals surface area contributed by atoms with Gasteiger partial charge in [-0.05, 0) is 75.8 Å². The van der Waals surface area contributed by atoms with E-state index in [-0.39, 0.29) is 43.9 Å². The van der Waals surface area contributed by atoms with Gasteiger partial charge in [0.1, 0.15) is 23.7 Å². The van der Waals surface area contributed by atoms with Gasteiger partial charge in [0, 0.05) is 38.2 Å². The quantitative estimate of drug-likeness (QED) is 0.106. The van der Waals surface area contributed by atoms with Gasteiger partial charge in [0.15, 0.2) is 0 Å². The lowest BCUT2D eigenvalue weighted by atomic mass is 9.53. The van der Waals surface area contributed by atoms with Gasteiger partial charge in [-0.25, -0.2) is 17.2 Å². The van der Waals surface area contributed by atoms with Crippen LogP contribution in [0.5, 0.6) is 0 Å². The molecule has 1 aliphatic carbocycles. The molecule has 3 unspecified atom stereocenters. The van der Waals surface area contributed by atoms with Gasteiger partial charge >= 0.3 is 5.97 Å². The summed E-state index contributed by atoms with van der Waals surface area (Å²) in [6.45, 7) is 12.3. The van der Waals surface area contributed by atoms with Gasteiger partial charge in [-0.3, -0.25) is 4.79 Å². The third kappa shape index (κ3) is 8.25. The van der Waals surface area contributed by atoms with Gasteiger partial charge in [-0.1, -0.05) is 50.0 Å². The van der Waals surface area contributed by atoms with Gasteiger partial charge in [-0.15, -0.1) is 0 Å². The third-order valence-electron chi connectivity index (χ3n) is 9.36. The number of halogens is 2. The summed E-state index contributed by atoms with van der Waals surface area (Å²) in [7, 11) is -5.15. The topological polar surface area (TPSA) is 102 Å². The molecule has 0 spiro atoms. The average Bonchev–Trinajstić information content (AvgIpc) is 2.95. The highest BCUT2D eigenvalue weighted by molar-refractivity contribution is 7.89. The van der Waals surface area contributed by atoms with Crippen LogP contribution in [0.25, 0.3) is 0 Å². The molecule has 2 aromatic rings. The van der Waals surface area contributed by atoms with Crippen molar-refractivity contribution in [2.45, 2.75) is 114 Å². The van der Waals surface area contributed by atoms with Crippen molar-refractivity contribution in [3.63, 3.8) is 0 Å². The summed E-state index contributed by atoms with van der Waals surface area (Å²) in [6, 6.07) is 11.5. The Hall–Kier alpha value is -2.22. The molecule has 4 rings (SSSR count). The van der Waals surface area contributed by atoms with Gasteiger partial charge in [0.2, 0.25) is 10.0 Å². The van der Waals surface area contributed by atoms with Crippen LogP contribution in [0.3, 0.4) is 0 Å². The Kier molecular flexibility index (Phi) is 11.5. The first kappa shape index (κ1) is 36.6. The molecule has 12 heteroatoms. The highest BCUT2D eigenvalue weighted by atomic mass is 32.2. The number of benzene rings is 2. The minimum Gasteiger partial charge on any atom is -0.466 e. The summed E-state index contributed by atoms with van der Waals surface area (Å²) in [5.74, 6) is -2.21. The maximum atomic E-state index is 16.1. The Labute approximate surface area is 273 Å². The summed E-state index contributed by atoms with van der Waals surface area (Å²) in [5.41, 5.74) is -1.65. The van der Waals surface area contributed by atoms with E-state index in [0.29, 0.717) is 25.0 Å². The van der Waals surface area contributed by atoms with E-state index in [4.69, 9.17) is 14.2 Å². The normalized spacial score (nSPS) is 27.2. The van der Waals surface area contributed by atoms with E-state index >= 15 is 8.78 Å². The number of hydrogen-bond donors (Lipinski definition) is 1. The first-order valence-electron chi connectivity index (χ1n) is 16.1. The number of nitrogens with zero attached hydrogens (tertiary/aromatic N) is 1. The Morgan fingerprint density at radius 2 is 1.78 bits per heavy atom. The van der Waals surface area contributed by atoms with Crippen LogP contribution in [0.15, 0.2) is 42.5 Å². The van der Waals surface area contributed by atoms with Crippen molar-refractivity contribution in [1.82, 2.24) is 4.31 Å². The summed E-state index contributed by atoms with van der Waals surface area (Å²) in [6.07, 6.45) is -0.530. The van der Waals surface area contributed by atoms with Crippen molar-refractivity contribution in [3.8, 4) is 0 Å². The number of aliphatic hydroxyl groups excluding tert-OH is 1. The zero-order valence-electron chi connectivity index (χ0n) is 27.9. The number of ether oxygens (including phenoxy) is 3. The molecule has 3 atom stereocenters. The lowest BCUT2D eigenvalue weighted by Crippen LogP contribution is -2.61. The van der Waals surface area contributed by atoms with Crippen LogP contribution in [0.1, 0.15) is 74.8 Å². The second-order valence-electron chi connectivity index (χ2n) is 14.3. The largest absolute Gasteiger partial charge is 0.466 e. The lowest BCUT2D eigenvalue weighted by molar-refractivity contribution is -0.207. The van der Waals surface area contributed by atoms with Crippen LogP contribution in [0.4, 0.5) is 8.78 Å². The lowest BCUT2D eigenvalue weighted by Gasteiger charge is -2.56. The number of carbonyl (C=O) groups excluding carboxylic acids is 1. The van der Waals surface area contributed by atoms with Crippen molar-refractivity contribution in [2.75, 3.05) is 20.0 Å². The monoisotopic (exact) mass is 681 g/mol. The Morgan fingerprint density at radius 3 is 2.41 bits per heavy atom. The standard InChI is InChI=1S/C34H49F2NO7SSi/c1-7-43-32(39)19-31(38)34(21-33(3,22-34)44-23-42-15-16-46(4,5)6)27-18-28(35)26(17-29(27)36)20-37-24(2)13-14-30(45(37,40)41)25-11-9-8-10-12-25/h8-12,17-18,24,30-31,38H,7,13-16,19-23H2,1-6H3. The summed E-state index contributed by atoms with van der Waals surface area (Å²) < 4.78 is 77.4. The molecule has 0 radical (unpaired) electrons. The predicted octanol–water partition coefficient (Wildman–Crippen LogP) is 6.45. The Balaban J connectivity index is 1.58. The molecule has 0 aromatic heterocycles. The fraction of sp³-hybridized carbons (Fsp3) is 0.618. The van der Waals surface area contributed by atoms with E-state index in [2.05, 4.69) is 19.6 Å². The van der Waals surface area contributed by atoms with Crippen molar-refractivity contribution < 1.29 is 41.3 Å². The van der Waals surface area contributed by atoms with E-state index in [0.717, 1.165) is 18.2 Å². The van der Waals surface area contributed by atoms with Crippen molar-refractivity contribution in [2.24, 2.45) is 0 Å². The Morgan fingerprint density at radius 1 is 1.11 bits per heavy atom. The minimum absolute atomic E-state index is 0.0211. The second-order valence-corrected chi connectivity index (χ2v) is 22.0.